The van der Waals surface area contributed by atoms with Crippen LogP contribution in [0.2, 0.25) is 5.02 Å². The van der Waals surface area contributed by atoms with Gasteiger partial charge in [0.2, 0.25) is 0 Å². The van der Waals surface area contributed by atoms with Crippen LogP contribution in [0, 0.1) is 0 Å². The van der Waals surface area contributed by atoms with Crippen LogP contribution < -0.4 is 14.9 Å². The standard InChI is InChI=1S/C15H15ClN2O2/c1-19-14-8-3-11(9-15(14)20-2)10-17-18-13-6-4-12(16)5-7-13/h3-10,18H,1-2H3/b17-10-. The van der Waals surface area contributed by atoms with E-state index in [1.54, 1.807) is 32.6 Å². The number of hydrogen-bond donors (Lipinski definition) is 1. The lowest BCUT2D eigenvalue weighted by atomic mass is 10.2. The van der Waals surface area contributed by atoms with Crippen molar-refractivity contribution in [2.75, 3.05) is 19.6 Å². The molecule has 2 aromatic carbocycles. The van der Waals surface area contributed by atoms with Crippen molar-refractivity contribution >= 4 is 23.5 Å². The van der Waals surface area contributed by atoms with E-state index >= 15 is 0 Å². The van der Waals surface area contributed by atoms with Crippen molar-refractivity contribution in [1.29, 1.82) is 0 Å². The lowest BCUT2D eigenvalue weighted by molar-refractivity contribution is 0.355. The van der Waals surface area contributed by atoms with Crippen LogP contribution in [0.5, 0.6) is 11.5 Å². The molecule has 0 aliphatic rings. The normalized spacial score (nSPS) is 10.6. The molecule has 2 aromatic rings. The Bertz CT molecular complexity index is 597. The first-order valence-electron chi connectivity index (χ1n) is 5.99. The van der Waals surface area contributed by atoms with Crippen LogP contribution in [0.1, 0.15) is 5.56 Å². The number of anilines is 1. The first-order valence-corrected chi connectivity index (χ1v) is 6.37. The summed E-state index contributed by atoms with van der Waals surface area (Å²) in [5.41, 5.74) is 4.70. The van der Waals surface area contributed by atoms with Gasteiger partial charge < -0.3 is 9.47 Å². The van der Waals surface area contributed by atoms with Gasteiger partial charge in [-0.05, 0) is 48.0 Å². The monoisotopic (exact) mass is 290 g/mol. The minimum atomic E-state index is 0.669. The third-order valence-electron chi connectivity index (χ3n) is 2.66. The highest BCUT2D eigenvalue weighted by Gasteiger charge is 2.02. The van der Waals surface area contributed by atoms with Crippen LogP contribution in [-0.2, 0) is 0 Å². The number of benzene rings is 2. The van der Waals surface area contributed by atoms with Gasteiger partial charge in [-0.1, -0.05) is 11.6 Å². The van der Waals surface area contributed by atoms with Gasteiger partial charge in [0.1, 0.15) is 0 Å². The Morgan fingerprint density at radius 3 is 2.35 bits per heavy atom. The number of hydrogen-bond acceptors (Lipinski definition) is 4. The average Bonchev–Trinajstić information content (AvgIpc) is 2.49. The van der Waals surface area contributed by atoms with Crippen LogP contribution in [-0.4, -0.2) is 20.4 Å². The number of methoxy groups -OCH3 is 2. The van der Waals surface area contributed by atoms with Gasteiger partial charge in [0.05, 0.1) is 26.1 Å². The Balaban J connectivity index is 2.05. The molecule has 0 saturated heterocycles. The molecule has 0 spiro atoms. The first-order chi connectivity index (χ1) is 9.72. The third kappa shape index (κ3) is 3.65. The van der Waals surface area contributed by atoms with Gasteiger partial charge in [-0.2, -0.15) is 5.10 Å². The highest BCUT2D eigenvalue weighted by atomic mass is 35.5. The Morgan fingerprint density at radius 1 is 1.00 bits per heavy atom. The average molecular weight is 291 g/mol. The van der Waals surface area contributed by atoms with Crippen LogP contribution in [0.25, 0.3) is 0 Å². The van der Waals surface area contributed by atoms with E-state index in [2.05, 4.69) is 10.5 Å². The molecular weight excluding hydrogens is 276 g/mol. The fourth-order valence-corrected chi connectivity index (χ4v) is 1.76. The van der Waals surface area contributed by atoms with Crippen molar-refractivity contribution < 1.29 is 9.47 Å². The topological polar surface area (TPSA) is 42.8 Å². The van der Waals surface area contributed by atoms with Gasteiger partial charge in [0.25, 0.3) is 0 Å². The summed E-state index contributed by atoms with van der Waals surface area (Å²) in [5, 5.41) is 4.85. The highest BCUT2D eigenvalue weighted by Crippen LogP contribution is 2.26. The molecule has 0 amide bonds. The quantitative estimate of drug-likeness (QED) is 0.673. The molecule has 0 aromatic heterocycles. The van der Waals surface area contributed by atoms with E-state index in [1.165, 1.54) is 0 Å². The fourth-order valence-electron chi connectivity index (χ4n) is 1.64. The predicted molar refractivity (Wildman–Crippen MR) is 82.2 cm³/mol. The van der Waals surface area contributed by atoms with E-state index < -0.39 is 0 Å². The molecular formula is C15H15ClN2O2. The number of rotatable bonds is 5. The van der Waals surface area contributed by atoms with Crippen molar-refractivity contribution in [1.82, 2.24) is 0 Å². The third-order valence-corrected chi connectivity index (χ3v) is 2.91. The van der Waals surface area contributed by atoms with Crippen molar-refractivity contribution in [3.63, 3.8) is 0 Å². The maximum Gasteiger partial charge on any atom is 0.161 e. The molecule has 5 heteroatoms. The smallest absolute Gasteiger partial charge is 0.161 e. The zero-order chi connectivity index (χ0) is 14.4. The van der Waals surface area contributed by atoms with Crippen molar-refractivity contribution in [2.45, 2.75) is 0 Å². The maximum atomic E-state index is 5.81. The second-order valence-corrected chi connectivity index (χ2v) is 4.43. The Kier molecular flexibility index (Phi) is 4.85. The summed E-state index contributed by atoms with van der Waals surface area (Å²) < 4.78 is 10.4. The van der Waals surface area contributed by atoms with Gasteiger partial charge in [-0.15, -0.1) is 0 Å². The largest absolute Gasteiger partial charge is 0.493 e. The number of nitrogens with one attached hydrogen (secondary N) is 1. The summed E-state index contributed by atoms with van der Waals surface area (Å²) in [6, 6.07) is 12.9. The molecule has 0 saturated carbocycles. The molecule has 0 aliphatic carbocycles. The number of hydrazone groups is 1. The minimum Gasteiger partial charge on any atom is -0.493 e. The second kappa shape index (κ2) is 6.82. The molecule has 0 heterocycles. The first kappa shape index (κ1) is 14.2. The summed E-state index contributed by atoms with van der Waals surface area (Å²) >= 11 is 5.81. The van der Waals surface area contributed by atoms with Crippen molar-refractivity contribution in [3.8, 4) is 11.5 Å². The summed E-state index contributed by atoms with van der Waals surface area (Å²) in [5.74, 6) is 1.36. The van der Waals surface area contributed by atoms with Crippen LogP contribution in [0.3, 0.4) is 0 Å². The summed E-state index contributed by atoms with van der Waals surface area (Å²) in [4.78, 5) is 0. The Hall–Kier alpha value is -2.20. The minimum absolute atomic E-state index is 0.669. The van der Waals surface area contributed by atoms with Gasteiger partial charge in [-0.25, -0.2) is 0 Å². The summed E-state index contributed by atoms with van der Waals surface area (Å²) in [7, 11) is 3.21. The Labute approximate surface area is 123 Å². The maximum absolute atomic E-state index is 5.81. The lowest BCUT2D eigenvalue weighted by Gasteiger charge is -2.07. The SMILES string of the molecule is COc1ccc(/C=N\Nc2ccc(Cl)cc2)cc1OC. The van der Waals surface area contributed by atoms with E-state index in [4.69, 9.17) is 21.1 Å². The number of ether oxygens (including phenoxy) is 2. The summed E-state index contributed by atoms with van der Waals surface area (Å²) in [6.07, 6.45) is 1.70. The molecule has 104 valence electrons. The molecule has 1 N–H and O–H groups in total. The van der Waals surface area contributed by atoms with E-state index in [-0.39, 0.29) is 0 Å². The molecule has 0 unspecified atom stereocenters. The number of halogens is 1. The van der Waals surface area contributed by atoms with Crippen molar-refractivity contribution in [3.05, 3.63) is 53.1 Å². The zero-order valence-corrected chi connectivity index (χ0v) is 12.0. The van der Waals surface area contributed by atoms with E-state index in [0.29, 0.717) is 16.5 Å². The fraction of sp³-hybridized carbons (Fsp3) is 0.133. The molecule has 4 nitrogen and oxygen atoms in total. The molecule has 0 fully saturated rings. The zero-order valence-electron chi connectivity index (χ0n) is 11.3. The van der Waals surface area contributed by atoms with Gasteiger partial charge in [0, 0.05) is 5.02 Å². The van der Waals surface area contributed by atoms with Gasteiger partial charge in [-0.3, -0.25) is 5.43 Å². The number of nitrogens with zero attached hydrogens (tertiary/aromatic N) is 1. The van der Waals surface area contributed by atoms with Crippen LogP contribution >= 0.6 is 11.6 Å². The molecule has 20 heavy (non-hydrogen) atoms. The second-order valence-electron chi connectivity index (χ2n) is 3.99. The van der Waals surface area contributed by atoms with Gasteiger partial charge in [0.15, 0.2) is 11.5 Å². The molecule has 0 aliphatic heterocycles. The van der Waals surface area contributed by atoms with E-state index in [9.17, 15) is 0 Å². The Morgan fingerprint density at radius 2 is 1.70 bits per heavy atom. The van der Waals surface area contributed by atoms with Gasteiger partial charge >= 0.3 is 0 Å². The molecule has 0 radical (unpaired) electrons. The van der Waals surface area contributed by atoms with E-state index in [0.717, 1.165) is 11.3 Å². The van der Waals surface area contributed by atoms with Crippen LogP contribution in [0.4, 0.5) is 5.69 Å². The predicted octanol–water partition coefficient (Wildman–Crippen LogP) is 3.80. The van der Waals surface area contributed by atoms with Crippen LogP contribution in [0.15, 0.2) is 47.6 Å². The molecule has 2 rings (SSSR count). The van der Waals surface area contributed by atoms with Crippen molar-refractivity contribution in [2.24, 2.45) is 5.10 Å². The molecule has 0 atom stereocenters. The summed E-state index contributed by atoms with van der Waals surface area (Å²) in [6.45, 7) is 0. The lowest BCUT2D eigenvalue weighted by Crippen LogP contribution is -1.93. The molecule has 0 bridgehead atoms. The highest BCUT2D eigenvalue weighted by molar-refractivity contribution is 6.30. The van der Waals surface area contributed by atoms with E-state index in [1.807, 2.05) is 30.3 Å².